The second-order valence-corrected chi connectivity index (χ2v) is 21.5. The molecule has 370 valence electrons. The van der Waals surface area contributed by atoms with Gasteiger partial charge in [-0.3, -0.25) is 0 Å². The van der Waals surface area contributed by atoms with Gasteiger partial charge in [-0.15, -0.1) is 0 Å². The summed E-state index contributed by atoms with van der Waals surface area (Å²) in [5.41, 5.74) is 21.8. The molecule has 0 bridgehead atoms. The van der Waals surface area contributed by atoms with E-state index in [4.69, 9.17) is 8.83 Å². The highest BCUT2D eigenvalue weighted by Gasteiger charge is 2.53. The maximum atomic E-state index is 6.87. The Bertz CT molecular complexity index is 4810. The molecule has 0 amide bonds. The summed E-state index contributed by atoms with van der Waals surface area (Å²) < 4.78 is 13.7. The Morgan fingerprint density at radius 1 is 0.291 bits per heavy atom. The van der Waals surface area contributed by atoms with Crippen molar-refractivity contribution in [1.82, 2.24) is 0 Å². The first kappa shape index (κ1) is 44.0. The van der Waals surface area contributed by atoms with Gasteiger partial charge in [0.05, 0.1) is 16.8 Å². The fraction of sp³-hybridized carbons (Fsp3) is 0.0400. The van der Waals surface area contributed by atoms with E-state index >= 15 is 0 Å². The molecular formula is C75H48N2O2. The lowest BCUT2D eigenvalue weighted by Gasteiger charge is -2.33. The van der Waals surface area contributed by atoms with E-state index in [-0.39, 0.29) is 0 Å². The van der Waals surface area contributed by atoms with Crippen LogP contribution in [0.2, 0.25) is 0 Å². The van der Waals surface area contributed by atoms with E-state index in [2.05, 4.69) is 278 Å². The highest BCUT2D eigenvalue weighted by Crippen LogP contribution is 2.66. The van der Waals surface area contributed by atoms with Gasteiger partial charge in [0.2, 0.25) is 0 Å². The van der Waals surface area contributed by atoms with Gasteiger partial charge in [-0.2, -0.15) is 0 Å². The Labute approximate surface area is 456 Å². The largest absolute Gasteiger partial charge is 0.454 e. The number of aryl methyl sites for hydroxylation is 2. The Balaban J connectivity index is 0.916. The fourth-order valence-electron chi connectivity index (χ4n) is 14.1. The van der Waals surface area contributed by atoms with Gasteiger partial charge in [0.25, 0.3) is 0 Å². The van der Waals surface area contributed by atoms with Crippen LogP contribution >= 0.6 is 0 Å². The van der Waals surface area contributed by atoms with Crippen molar-refractivity contribution < 1.29 is 8.83 Å². The predicted molar refractivity (Wildman–Crippen MR) is 329 cm³/mol. The van der Waals surface area contributed by atoms with Gasteiger partial charge in [0, 0.05) is 44.3 Å². The van der Waals surface area contributed by atoms with Crippen LogP contribution in [0.4, 0.5) is 34.1 Å². The van der Waals surface area contributed by atoms with E-state index in [1.54, 1.807) is 0 Å². The molecule has 0 saturated heterocycles. The molecule has 4 heteroatoms. The molecule has 0 N–H and O–H groups in total. The molecule has 17 rings (SSSR count). The van der Waals surface area contributed by atoms with Crippen LogP contribution in [0.5, 0.6) is 0 Å². The van der Waals surface area contributed by atoms with Gasteiger partial charge in [-0.25, -0.2) is 0 Å². The zero-order chi connectivity index (χ0) is 52.1. The van der Waals surface area contributed by atoms with E-state index in [9.17, 15) is 0 Å². The lowest BCUT2D eigenvalue weighted by molar-refractivity contribution is 0.665. The number of rotatable bonds is 6. The Kier molecular flexibility index (Phi) is 9.15. The van der Waals surface area contributed by atoms with E-state index in [1.165, 1.54) is 76.8 Å². The van der Waals surface area contributed by atoms with Gasteiger partial charge in [0.1, 0.15) is 11.2 Å². The maximum absolute atomic E-state index is 6.87. The number of anilines is 6. The van der Waals surface area contributed by atoms with Crippen molar-refractivity contribution in [3.63, 3.8) is 0 Å². The number of hydrogen-bond donors (Lipinski definition) is 0. The first-order chi connectivity index (χ1) is 39.0. The molecular weight excluding hydrogens is 961 g/mol. The summed E-state index contributed by atoms with van der Waals surface area (Å²) in [6, 6.07) is 94.0. The quantitative estimate of drug-likeness (QED) is 0.166. The first-order valence-electron chi connectivity index (χ1n) is 27.3. The fourth-order valence-corrected chi connectivity index (χ4v) is 14.1. The summed E-state index contributed by atoms with van der Waals surface area (Å²) in [4.78, 5) is 4.73. The highest BCUT2D eigenvalue weighted by atomic mass is 16.3. The summed E-state index contributed by atoms with van der Waals surface area (Å²) in [6.07, 6.45) is 0. The third-order valence-corrected chi connectivity index (χ3v) is 17.4. The van der Waals surface area contributed by atoms with Gasteiger partial charge in [-0.1, -0.05) is 194 Å². The van der Waals surface area contributed by atoms with Crippen molar-refractivity contribution in [1.29, 1.82) is 0 Å². The molecule has 0 aliphatic heterocycles. The summed E-state index contributed by atoms with van der Waals surface area (Å²) in [7, 11) is 0. The normalized spacial score (nSPS) is 13.0. The van der Waals surface area contributed by atoms with Crippen LogP contribution in [0.3, 0.4) is 0 Å². The standard InChI is InChI=1S/C75H48N2O2/c1-45-17-13-26-59-61-28-15-31-66(73(61)78-71(45)59)76(50-20-5-3-6-21-50)52-36-40-55-48(43-52)33-38-57-58-39-34-49-44-53(77(51-22-7-4-8-23-51)67-32-16-29-62-60-27-14-18-46(2)72(60)79-74(62)67)37-41-56(49)70(58)75(69(55)57)64-30-12-11-25-63(64)68-54-24-10-9-19-47(54)35-42-65(68)75/h3-44H,1-2H3. The highest BCUT2D eigenvalue weighted by molar-refractivity contribution is 6.16. The minimum Gasteiger partial charge on any atom is -0.454 e. The third kappa shape index (κ3) is 6.03. The van der Waals surface area contributed by atoms with Crippen molar-refractivity contribution in [3.05, 3.63) is 288 Å². The van der Waals surface area contributed by atoms with Crippen molar-refractivity contribution in [2.45, 2.75) is 19.3 Å². The zero-order valence-corrected chi connectivity index (χ0v) is 43.5. The summed E-state index contributed by atoms with van der Waals surface area (Å²) >= 11 is 0. The molecule has 15 aromatic rings. The maximum Gasteiger partial charge on any atom is 0.159 e. The van der Waals surface area contributed by atoms with Crippen LogP contribution < -0.4 is 9.80 Å². The number of para-hydroxylation sites is 6. The average molecular weight is 1010 g/mol. The van der Waals surface area contributed by atoms with Gasteiger partial charge in [0.15, 0.2) is 11.2 Å². The molecule has 0 fully saturated rings. The zero-order valence-electron chi connectivity index (χ0n) is 43.5. The Morgan fingerprint density at radius 2 is 0.747 bits per heavy atom. The van der Waals surface area contributed by atoms with Crippen molar-refractivity contribution in [3.8, 4) is 22.3 Å². The van der Waals surface area contributed by atoms with Crippen molar-refractivity contribution in [2.24, 2.45) is 0 Å². The minimum absolute atomic E-state index is 0.656. The predicted octanol–water partition coefficient (Wildman–Crippen LogP) is 20.8. The first-order valence-corrected chi connectivity index (χ1v) is 27.3. The monoisotopic (exact) mass is 1010 g/mol. The van der Waals surface area contributed by atoms with Gasteiger partial charge >= 0.3 is 0 Å². The number of fused-ring (bicyclic) bond motifs is 22. The molecule has 1 spiro atoms. The summed E-state index contributed by atoms with van der Waals surface area (Å²) in [5, 5.41) is 11.8. The van der Waals surface area contributed by atoms with E-state index in [0.29, 0.717) is 0 Å². The average Bonchev–Trinajstić information content (AvgIpc) is 2.90. The molecule has 0 unspecified atom stereocenters. The molecule has 0 saturated carbocycles. The van der Waals surface area contributed by atoms with E-state index in [0.717, 1.165) is 89.1 Å². The number of benzene rings is 13. The van der Waals surface area contributed by atoms with Crippen molar-refractivity contribution >= 4 is 110 Å². The third-order valence-electron chi connectivity index (χ3n) is 17.4. The molecule has 0 radical (unpaired) electrons. The topological polar surface area (TPSA) is 32.8 Å². The number of hydrogen-bond acceptors (Lipinski definition) is 4. The number of furan rings is 2. The van der Waals surface area contributed by atoms with Crippen LogP contribution in [0.15, 0.2) is 264 Å². The molecule has 4 nitrogen and oxygen atoms in total. The summed E-state index contributed by atoms with van der Waals surface area (Å²) in [5.74, 6) is 0. The molecule has 2 heterocycles. The molecule has 79 heavy (non-hydrogen) atoms. The Hall–Kier alpha value is -10.2. The molecule has 2 aliphatic rings. The van der Waals surface area contributed by atoms with Crippen LogP contribution in [0, 0.1) is 13.8 Å². The Morgan fingerprint density at radius 3 is 1.30 bits per heavy atom. The molecule has 0 atom stereocenters. The minimum atomic E-state index is -0.656. The van der Waals surface area contributed by atoms with Crippen LogP contribution in [-0.4, -0.2) is 0 Å². The van der Waals surface area contributed by atoms with Gasteiger partial charge in [-0.05, 0) is 162 Å². The van der Waals surface area contributed by atoms with E-state index < -0.39 is 5.41 Å². The van der Waals surface area contributed by atoms with Gasteiger partial charge < -0.3 is 18.6 Å². The number of nitrogens with zero attached hydrogens (tertiary/aromatic N) is 2. The lowest BCUT2D eigenvalue weighted by Crippen LogP contribution is -2.26. The van der Waals surface area contributed by atoms with Crippen LogP contribution in [0.25, 0.3) is 98.4 Å². The SMILES string of the molecule is Cc1cccc2c1oc1c(N(c3ccccc3)c3ccc4c5c(ccc4c3)-c3ccc4cc(N(c6ccccc6)c6cccc7c6oc6c(C)cccc67)ccc4c3C53c4ccccc4-c4c3ccc3ccccc43)cccc12. The summed E-state index contributed by atoms with van der Waals surface area (Å²) in [6.45, 7) is 4.25. The molecule has 2 aliphatic carbocycles. The van der Waals surface area contributed by atoms with Crippen LogP contribution in [-0.2, 0) is 5.41 Å². The second kappa shape index (κ2) is 16.4. The lowest BCUT2D eigenvalue weighted by atomic mass is 9.68. The second-order valence-electron chi connectivity index (χ2n) is 21.5. The van der Waals surface area contributed by atoms with Crippen LogP contribution in [0.1, 0.15) is 33.4 Å². The van der Waals surface area contributed by atoms with E-state index in [1.807, 2.05) is 0 Å². The van der Waals surface area contributed by atoms with Crippen molar-refractivity contribution in [2.75, 3.05) is 9.80 Å². The molecule has 13 aromatic carbocycles. The smallest absolute Gasteiger partial charge is 0.159 e. The molecule has 2 aromatic heterocycles.